The highest BCUT2D eigenvalue weighted by Crippen LogP contribution is 2.41. The summed E-state index contributed by atoms with van der Waals surface area (Å²) in [4.78, 5) is 22.6. The number of hydrogen-bond donors (Lipinski definition) is 1. The predicted molar refractivity (Wildman–Crippen MR) is 69.2 cm³/mol. The summed E-state index contributed by atoms with van der Waals surface area (Å²) in [5.41, 5.74) is 1.25. The molecule has 1 saturated heterocycles. The molecule has 5 nitrogen and oxygen atoms in total. The molecule has 0 bridgehead atoms. The van der Waals surface area contributed by atoms with Crippen LogP contribution in [-0.4, -0.2) is 31.2 Å². The molecular weight excluding hydrogens is 246 g/mol. The van der Waals surface area contributed by atoms with E-state index in [1.165, 1.54) is 12.8 Å². The van der Waals surface area contributed by atoms with Crippen LogP contribution < -0.4 is 5.32 Å². The smallest absolute Gasteiger partial charge is 0.354 e. The van der Waals surface area contributed by atoms with E-state index < -0.39 is 5.97 Å². The Balaban J connectivity index is 2.17. The number of hydrogen-bond acceptors (Lipinski definition) is 4. The van der Waals surface area contributed by atoms with Crippen LogP contribution in [0.1, 0.15) is 39.5 Å². The first kappa shape index (κ1) is 14.1. The molecule has 19 heavy (non-hydrogen) atoms. The van der Waals surface area contributed by atoms with Gasteiger partial charge in [-0.3, -0.25) is 4.79 Å². The molecule has 1 N–H and O–H groups in total. The number of ether oxygens (including phenoxy) is 2. The van der Waals surface area contributed by atoms with Crippen LogP contribution in [0.15, 0.2) is 11.3 Å². The molecule has 1 aliphatic carbocycles. The van der Waals surface area contributed by atoms with Gasteiger partial charge in [0, 0.05) is 0 Å². The van der Waals surface area contributed by atoms with E-state index in [2.05, 4.69) is 5.32 Å². The molecule has 2 rings (SSSR count). The summed E-state index contributed by atoms with van der Waals surface area (Å²) in [6.07, 6.45) is 4.55. The Morgan fingerprint density at radius 2 is 2.21 bits per heavy atom. The summed E-state index contributed by atoms with van der Waals surface area (Å²) in [5.74, 6) is 0.158. The second-order valence-corrected chi connectivity index (χ2v) is 5.19. The standard InChI is InChI=1S/C14H21NO4/c1-3-18-14(17)13(15-8-16)11-6-9(2)19-12(7-11)10-4-5-10/h8-10,12H,3-7H2,1-2H3,(H,15,16)/b13-11+/t9-,12+/m1/s1. The molecule has 0 aromatic carbocycles. The van der Waals surface area contributed by atoms with Gasteiger partial charge in [0.05, 0.1) is 18.8 Å². The Morgan fingerprint density at radius 1 is 1.47 bits per heavy atom. The van der Waals surface area contributed by atoms with E-state index in [1.807, 2.05) is 6.92 Å². The average Bonchev–Trinajstić information content (AvgIpc) is 3.19. The third kappa shape index (κ3) is 3.56. The molecule has 1 heterocycles. The quantitative estimate of drug-likeness (QED) is 0.466. The molecular formula is C14H21NO4. The Bertz CT molecular complexity index is 387. The van der Waals surface area contributed by atoms with Crippen LogP contribution in [0.25, 0.3) is 0 Å². The second-order valence-electron chi connectivity index (χ2n) is 5.19. The molecule has 1 amide bonds. The molecule has 0 spiro atoms. The van der Waals surface area contributed by atoms with Crippen LogP contribution >= 0.6 is 0 Å². The SMILES string of the molecule is CCOC(=O)/C(NC=O)=C1/C[C@@H](C)O[C@H](C2CC2)C1. The maximum absolute atomic E-state index is 11.9. The van der Waals surface area contributed by atoms with Gasteiger partial charge < -0.3 is 14.8 Å². The monoisotopic (exact) mass is 267 g/mol. The molecule has 2 fully saturated rings. The van der Waals surface area contributed by atoms with Gasteiger partial charge in [-0.2, -0.15) is 0 Å². The Morgan fingerprint density at radius 3 is 2.79 bits per heavy atom. The van der Waals surface area contributed by atoms with E-state index in [9.17, 15) is 9.59 Å². The van der Waals surface area contributed by atoms with Crippen molar-refractivity contribution in [1.82, 2.24) is 5.32 Å². The zero-order valence-electron chi connectivity index (χ0n) is 11.5. The second kappa shape index (κ2) is 6.19. The van der Waals surface area contributed by atoms with Crippen LogP contribution in [0.2, 0.25) is 0 Å². The Hall–Kier alpha value is -1.36. The third-order valence-electron chi connectivity index (χ3n) is 3.57. The molecule has 0 aromatic heterocycles. The van der Waals surface area contributed by atoms with Gasteiger partial charge in [-0.15, -0.1) is 0 Å². The molecule has 2 atom stereocenters. The maximum Gasteiger partial charge on any atom is 0.354 e. The molecule has 0 aromatic rings. The van der Waals surface area contributed by atoms with E-state index in [0.29, 0.717) is 37.5 Å². The van der Waals surface area contributed by atoms with Crippen molar-refractivity contribution in [3.63, 3.8) is 0 Å². The van der Waals surface area contributed by atoms with Crippen molar-refractivity contribution in [3.05, 3.63) is 11.3 Å². The molecule has 1 aliphatic heterocycles. The van der Waals surface area contributed by atoms with Crippen LogP contribution in [-0.2, 0) is 19.1 Å². The molecule has 5 heteroatoms. The average molecular weight is 267 g/mol. The van der Waals surface area contributed by atoms with Gasteiger partial charge in [0.15, 0.2) is 0 Å². The van der Waals surface area contributed by atoms with Crippen LogP contribution in [0.4, 0.5) is 0 Å². The summed E-state index contributed by atoms with van der Waals surface area (Å²) in [7, 11) is 0. The molecule has 2 aliphatic rings. The highest BCUT2D eigenvalue weighted by atomic mass is 16.5. The van der Waals surface area contributed by atoms with Gasteiger partial charge in [-0.25, -0.2) is 4.79 Å². The molecule has 106 valence electrons. The highest BCUT2D eigenvalue weighted by Gasteiger charge is 2.37. The van der Waals surface area contributed by atoms with Crippen molar-refractivity contribution in [1.29, 1.82) is 0 Å². The van der Waals surface area contributed by atoms with E-state index >= 15 is 0 Å². The van der Waals surface area contributed by atoms with Crippen molar-refractivity contribution in [2.75, 3.05) is 6.61 Å². The minimum Gasteiger partial charge on any atom is -0.461 e. The molecule has 0 radical (unpaired) electrons. The number of esters is 1. The first-order valence-corrected chi connectivity index (χ1v) is 6.90. The highest BCUT2D eigenvalue weighted by molar-refractivity contribution is 5.91. The van der Waals surface area contributed by atoms with Crippen molar-refractivity contribution in [3.8, 4) is 0 Å². The van der Waals surface area contributed by atoms with Crippen LogP contribution in [0.5, 0.6) is 0 Å². The maximum atomic E-state index is 11.9. The fourth-order valence-corrected chi connectivity index (χ4v) is 2.59. The largest absolute Gasteiger partial charge is 0.461 e. The van der Waals surface area contributed by atoms with Gasteiger partial charge in [-0.05, 0) is 51.0 Å². The van der Waals surface area contributed by atoms with E-state index in [1.54, 1.807) is 6.92 Å². The van der Waals surface area contributed by atoms with Gasteiger partial charge in [0.1, 0.15) is 5.70 Å². The Kier molecular flexibility index (Phi) is 4.58. The summed E-state index contributed by atoms with van der Waals surface area (Å²) >= 11 is 0. The first-order valence-electron chi connectivity index (χ1n) is 6.90. The molecule has 0 unspecified atom stereocenters. The lowest BCUT2D eigenvalue weighted by molar-refractivity contribution is -0.139. The third-order valence-corrected chi connectivity index (χ3v) is 3.57. The van der Waals surface area contributed by atoms with Crippen molar-refractivity contribution >= 4 is 12.4 Å². The summed E-state index contributed by atoms with van der Waals surface area (Å²) in [5, 5.41) is 2.51. The van der Waals surface area contributed by atoms with Gasteiger partial charge >= 0.3 is 5.97 Å². The van der Waals surface area contributed by atoms with E-state index in [4.69, 9.17) is 9.47 Å². The van der Waals surface area contributed by atoms with Crippen molar-refractivity contribution < 1.29 is 19.1 Å². The lowest BCUT2D eigenvalue weighted by atomic mass is 9.94. The lowest BCUT2D eigenvalue weighted by Gasteiger charge is -2.31. The molecule has 1 saturated carbocycles. The number of carbonyl (C=O) groups excluding carboxylic acids is 2. The summed E-state index contributed by atoms with van der Waals surface area (Å²) in [6.45, 7) is 4.05. The number of carbonyl (C=O) groups is 2. The minimum atomic E-state index is -0.451. The Labute approximate surface area is 113 Å². The fraction of sp³-hybridized carbons (Fsp3) is 0.714. The van der Waals surface area contributed by atoms with E-state index in [-0.39, 0.29) is 12.2 Å². The number of nitrogens with one attached hydrogen (secondary N) is 1. The zero-order chi connectivity index (χ0) is 13.8. The van der Waals surface area contributed by atoms with Crippen LogP contribution in [0.3, 0.4) is 0 Å². The number of amides is 1. The minimum absolute atomic E-state index is 0.0761. The lowest BCUT2D eigenvalue weighted by Crippen LogP contribution is -2.32. The van der Waals surface area contributed by atoms with Crippen molar-refractivity contribution in [2.24, 2.45) is 5.92 Å². The predicted octanol–water partition coefficient (Wildman–Crippen LogP) is 1.53. The topological polar surface area (TPSA) is 64.6 Å². The zero-order valence-corrected chi connectivity index (χ0v) is 11.5. The number of rotatable bonds is 5. The summed E-state index contributed by atoms with van der Waals surface area (Å²) < 4.78 is 10.9. The fourth-order valence-electron chi connectivity index (χ4n) is 2.59. The first-order chi connectivity index (χ1) is 9.15. The van der Waals surface area contributed by atoms with Gasteiger partial charge in [-0.1, -0.05) is 0 Å². The van der Waals surface area contributed by atoms with Gasteiger partial charge in [0.2, 0.25) is 6.41 Å². The van der Waals surface area contributed by atoms with Crippen LogP contribution in [0, 0.1) is 5.92 Å². The normalized spacial score (nSPS) is 29.6. The summed E-state index contributed by atoms with van der Waals surface area (Å²) in [6, 6.07) is 0. The van der Waals surface area contributed by atoms with Gasteiger partial charge in [0.25, 0.3) is 0 Å². The van der Waals surface area contributed by atoms with E-state index in [0.717, 1.165) is 5.57 Å². The van der Waals surface area contributed by atoms with Crippen molar-refractivity contribution in [2.45, 2.75) is 51.7 Å².